The van der Waals surface area contributed by atoms with Crippen LogP contribution in [0.4, 0.5) is 0 Å². The molecule has 1 aliphatic carbocycles. The van der Waals surface area contributed by atoms with E-state index in [1.807, 2.05) is 36.4 Å². The molecule has 2 atom stereocenters. The van der Waals surface area contributed by atoms with Crippen LogP contribution in [0.25, 0.3) is 0 Å². The fourth-order valence-electron chi connectivity index (χ4n) is 4.98. The molecule has 2 saturated heterocycles. The lowest BCUT2D eigenvalue weighted by Crippen LogP contribution is -2.67. The molecule has 2 aromatic rings. The summed E-state index contributed by atoms with van der Waals surface area (Å²) < 4.78 is 11.4. The number of amides is 2. The number of nitrogens with zero attached hydrogens (tertiary/aromatic N) is 1. The average molecular weight is 422 g/mol. The van der Waals surface area contributed by atoms with Crippen molar-refractivity contribution in [1.82, 2.24) is 10.2 Å². The van der Waals surface area contributed by atoms with Crippen molar-refractivity contribution >= 4 is 11.8 Å². The number of benzene rings is 1. The molecule has 5 rings (SSSR count). The number of carbonyl (C=O) groups is 2. The van der Waals surface area contributed by atoms with Crippen molar-refractivity contribution in [3.8, 4) is 0 Å². The molecular weight excluding hydrogens is 396 g/mol. The molecule has 3 aliphatic rings. The van der Waals surface area contributed by atoms with Gasteiger partial charge in [-0.25, -0.2) is 4.79 Å². The van der Waals surface area contributed by atoms with Crippen LogP contribution in [0, 0.1) is 6.92 Å². The first-order valence-corrected chi connectivity index (χ1v) is 10.9. The Labute approximate surface area is 180 Å². The minimum absolute atomic E-state index is 0.0431. The zero-order valence-electron chi connectivity index (χ0n) is 17.6. The third-order valence-electron chi connectivity index (χ3n) is 6.96. The smallest absolute Gasteiger partial charge is 0.349 e. The molecule has 3 heterocycles. The number of morpholine rings is 1. The topological polar surface area (TPSA) is 88.9 Å². The third-order valence-corrected chi connectivity index (χ3v) is 6.96. The van der Waals surface area contributed by atoms with E-state index in [1.165, 1.54) is 0 Å². The molecule has 1 aromatic carbocycles. The van der Waals surface area contributed by atoms with Crippen molar-refractivity contribution in [2.24, 2.45) is 0 Å². The largest absolute Gasteiger partial charge is 0.427 e. The fourth-order valence-corrected chi connectivity index (χ4v) is 4.98. The minimum atomic E-state index is -0.679. The molecule has 0 unspecified atom stereocenters. The molecule has 0 radical (unpaired) electrons. The first-order valence-electron chi connectivity index (χ1n) is 10.9. The molecule has 7 heteroatoms. The second-order valence-corrected chi connectivity index (χ2v) is 8.81. The highest BCUT2D eigenvalue weighted by Crippen LogP contribution is 2.38. The summed E-state index contributed by atoms with van der Waals surface area (Å²) in [5.41, 5.74) is 0.461. The standard InChI is InChI=1S/C24H26N2O5/c1-15-12-18(16-6-5-7-16)31-23(29)21(15)22(28)26-11-10-24(17-8-3-2-4-9-17)19(13-26)30-14-20(27)25-24/h2-4,8-9,12,16,19H,5-7,10-11,13-14H2,1H3,(H,25,27)/t19-,24+/m0/s1. The fraction of sp³-hybridized carbons (Fsp3) is 0.458. The maximum absolute atomic E-state index is 13.3. The van der Waals surface area contributed by atoms with Crippen LogP contribution in [-0.4, -0.2) is 42.5 Å². The second-order valence-electron chi connectivity index (χ2n) is 8.81. The van der Waals surface area contributed by atoms with Crippen molar-refractivity contribution in [3.05, 3.63) is 69.3 Å². The van der Waals surface area contributed by atoms with Gasteiger partial charge < -0.3 is 19.4 Å². The van der Waals surface area contributed by atoms with Gasteiger partial charge in [0.15, 0.2) is 0 Å². The van der Waals surface area contributed by atoms with Crippen LogP contribution < -0.4 is 10.9 Å². The molecule has 1 saturated carbocycles. The lowest BCUT2D eigenvalue weighted by Gasteiger charge is -2.50. The van der Waals surface area contributed by atoms with Crippen molar-refractivity contribution in [2.45, 2.75) is 50.2 Å². The van der Waals surface area contributed by atoms with Crippen molar-refractivity contribution in [3.63, 3.8) is 0 Å². The lowest BCUT2D eigenvalue weighted by atomic mass is 9.77. The van der Waals surface area contributed by atoms with Crippen molar-refractivity contribution in [1.29, 1.82) is 0 Å². The van der Waals surface area contributed by atoms with Gasteiger partial charge in [0, 0.05) is 19.0 Å². The van der Waals surface area contributed by atoms with E-state index in [1.54, 1.807) is 11.8 Å². The predicted octanol–water partition coefficient (Wildman–Crippen LogP) is 2.47. The number of carbonyl (C=O) groups excluding carboxylic acids is 2. The normalized spacial score (nSPS) is 26.0. The van der Waals surface area contributed by atoms with E-state index >= 15 is 0 Å². The van der Waals surface area contributed by atoms with Gasteiger partial charge in [0.25, 0.3) is 5.91 Å². The molecular formula is C24H26N2O5. The van der Waals surface area contributed by atoms with E-state index in [-0.39, 0.29) is 36.4 Å². The van der Waals surface area contributed by atoms with Gasteiger partial charge in [-0.05, 0) is 43.4 Å². The number of hydrogen-bond acceptors (Lipinski definition) is 5. The zero-order chi connectivity index (χ0) is 21.6. The first kappa shape index (κ1) is 20.0. The Hall–Kier alpha value is -2.93. The Kier molecular flexibility index (Phi) is 4.93. The van der Waals surface area contributed by atoms with Gasteiger partial charge in [0.05, 0.1) is 5.54 Å². The van der Waals surface area contributed by atoms with E-state index in [4.69, 9.17) is 9.15 Å². The molecule has 1 aromatic heterocycles. The highest BCUT2D eigenvalue weighted by molar-refractivity contribution is 5.95. The summed E-state index contributed by atoms with van der Waals surface area (Å²) >= 11 is 0. The van der Waals surface area contributed by atoms with Gasteiger partial charge in [-0.1, -0.05) is 36.8 Å². The maximum atomic E-state index is 13.3. The van der Waals surface area contributed by atoms with Crippen molar-refractivity contribution < 1.29 is 18.7 Å². The maximum Gasteiger partial charge on any atom is 0.349 e. The van der Waals surface area contributed by atoms with Crippen LogP contribution >= 0.6 is 0 Å². The molecule has 31 heavy (non-hydrogen) atoms. The molecule has 162 valence electrons. The lowest BCUT2D eigenvalue weighted by molar-refractivity contribution is -0.150. The van der Waals surface area contributed by atoms with Crippen molar-refractivity contribution in [2.75, 3.05) is 19.7 Å². The number of hydrogen-bond donors (Lipinski definition) is 1. The highest BCUT2D eigenvalue weighted by atomic mass is 16.5. The Balaban J connectivity index is 1.42. The van der Waals surface area contributed by atoms with Gasteiger partial charge in [-0.3, -0.25) is 9.59 Å². The van der Waals surface area contributed by atoms with Gasteiger partial charge in [-0.15, -0.1) is 0 Å². The van der Waals surface area contributed by atoms with E-state index in [0.29, 0.717) is 24.3 Å². The van der Waals surface area contributed by atoms with Crippen LogP contribution in [-0.2, 0) is 15.1 Å². The Morgan fingerprint density at radius 2 is 1.97 bits per heavy atom. The summed E-state index contributed by atoms with van der Waals surface area (Å²) in [5.74, 6) is 0.471. The van der Waals surface area contributed by atoms with E-state index in [0.717, 1.165) is 24.8 Å². The van der Waals surface area contributed by atoms with Crippen LogP contribution in [0.1, 0.15) is 58.8 Å². The number of aryl methyl sites for hydroxylation is 1. The summed E-state index contributed by atoms with van der Waals surface area (Å²) in [6, 6.07) is 11.6. The number of piperidine rings is 1. The summed E-state index contributed by atoms with van der Waals surface area (Å²) in [7, 11) is 0. The van der Waals surface area contributed by atoms with Gasteiger partial charge in [-0.2, -0.15) is 0 Å². The number of fused-ring (bicyclic) bond motifs is 1. The van der Waals surface area contributed by atoms with E-state index < -0.39 is 17.3 Å². The van der Waals surface area contributed by atoms with Gasteiger partial charge in [0.1, 0.15) is 24.0 Å². The quantitative estimate of drug-likeness (QED) is 0.821. The molecule has 0 spiro atoms. The molecule has 1 N–H and O–H groups in total. The summed E-state index contributed by atoms with van der Waals surface area (Å²) in [6.07, 6.45) is 3.29. The summed E-state index contributed by atoms with van der Waals surface area (Å²) in [6.45, 7) is 2.44. The van der Waals surface area contributed by atoms with Crippen LogP contribution in [0.5, 0.6) is 0 Å². The first-order chi connectivity index (χ1) is 15.0. The molecule has 7 nitrogen and oxygen atoms in total. The second kappa shape index (κ2) is 7.64. The monoisotopic (exact) mass is 422 g/mol. The van der Waals surface area contributed by atoms with E-state index in [2.05, 4.69) is 5.32 Å². The Morgan fingerprint density at radius 3 is 2.65 bits per heavy atom. The number of likely N-dealkylation sites (tertiary alicyclic amines) is 1. The average Bonchev–Trinajstić information content (AvgIpc) is 2.72. The highest BCUT2D eigenvalue weighted by Gasteiger charge is 2.50. The van der Waals surface area contributed by atoms with Crippen LogP contribution in [0.15, 0.2) is 45.6 Å². The van der Waals surface area contributed by atoms with Crippen LogP contribution in [0.2, 0.25) is 0 Å². The SMILES string of the molecule is Cc1cc(C2CCC2)oc(=O)c1C(=O)N1CC[C@]2(c3ccccc3)NC(=O)CO[C@H]2C1. The summed E-state index contributed by atoms with van der Waals surface area (Å²) in [5, 5.41) is 3.12. The number of ether oxygens (including phenoxy) is 1. The van der Waals surface area contributed by atoms with E-state index in [9.17, 15) is 14.4 Å². The molecule has 2 amide bonds. The third kappa shape index (κ3) is 3.37. The van der Waals surface area contributed by atoms with Gasteiger partial charge >= 0.3 is 5.63 Å². The number of nitrogens with one attached hydrogen (secondary N) is 1. The summed E-state index contributed by atoms with van der Waals surface area (Å²) in [4.78, 5) is 39.8. The number of rotatable bonds is 3. The zero-order valence-corrected chi connectivity index (χ0v) is 17.6. The predicted molar refractivity (Wildman–Crippen MR) is 113 cm³/mol. The van der Waals surface area contributed by atoms with Crippen LogP contribution in [0.3, 0.4) is 0 Å². The Morgan fingerprint density at radius 1 is 1.19 bits per heavy atom. The van der Waals surface area contributed by atoms with Gasteiger partial charge in [0.2, 0.25) is 5.91 Å². The Bertz CT molecular complexity index is 1080. The molecule has 3 fully saturated rings. The molecule has 0 bridgehead atoms. The molecule has 2 aliphatic heterocycles. The minimum Gasteiger partial charge on any atom is -0.427 e.